The van der Waals surface area contributed by atoms with Gasteiger partial charge in [0.25, 0.3) is 0 Å². The molecule has 0 saturated heterocycles. The minimum Gasteiger partial charge on any atom is -0.489 e. The highest BCUT2D eigenvalue weighted by Crippen LogP contribution is 2.33. The first-order valence-electron chi connectivity index (χ1n) is 9.47. The summed E-state index contributed by atoms with van der Waals surface area (Å²) in [6.45, 7) is 5.54. The van der Waals surface area contributed by atoms with E-state index in [1.165, 1.54) is 0 Å². The fraction of sp³-hybridized carbons (Fsp3) is 0.364. The second-order valence-corrected chi connectivity index (χ2v) is 7.74. The van der Waals surface area contributed by atoms with E-state index in [1.807, 2.05) is 0 Å². The number of aryl methyl sites for hydroxylation is 1. The average molecular weight is 399 g/mol. The van der Waals surface area contributed by atoms with Gasteiger partial charge in [-0.15, -0.1) is 0 Å². The Labute approximate surface area is 169 Å². The second-order valence-electron chi connectivity index (χ2n) is 7.74. The van der Waals surface area contributed by atoms with Gasteiger partial charge in [0.2, 0.25) is 0 Å². The third-order valence-corrected chi connectivity index (χ3v) is 4.24. The van der Waals surface area contributed by atoms with Crippen molar-refractivity contribution in [2.75, 3.05) is 11.9 Å². The lowest BCUT2D eigenvalue weighted by Crippen LogP contribution is -2.27. The Morgan fingerprint density at radius 3 is 2.76 bits per heavy atom. The molecule has 0 fully saturated rings. The summed E-state index contributed by atoms with van der Waals surface area (Å²) in [6.07, 6.45) is 0.647. The van der Waals surface area contributed by atoms with Crippen LogP contribution in [0.15, 0.2) is 36.4 Å². The smallest absolute Gasteiger partial charge is 0.412 e. The fourth-order valence-corrected chi connectivity index (χ4v) is 3.02. The van der Waals surface area contributed by atoms with Gasteiger partial charge in [-0.3, -0.25) is 5.32 Å². The molecule has 7 nitrogen and oxygen atoms in total. The van der Waals surface area contributed by atoms with Gasteiger partial charge in [0.05, 0.1) is 18.8 Å². The summed E-state index contributed by atoms with van der Waals surface area (Å²) in [7, 11) is 0. The zero-order valence-electron chi connectivity index (χ0n) is 16.8. The molecule has 1 aliphatic rings. The highest BCUT2D eigenvalue weighted by Gasteiger charge is 2.21. The maximum atomic E-state index is 12.8. The van der Waals surface area contributed by atoms with Crippen LogP contribution in [-0.4, -0.2) is 29.4 Å². The van der Waals surface area contributed by atoms with Crippen molar-refractivity contribution in [1.82, 2.24) is 0 Å². The first kappa shape index (κ1) is 20.7. The fourth-order valence-electron chi connectivity index (χ4n) is 3.02. The first-order valence-corrected chi connectivity index (χ1v) is 9.47. The number of anilines is 1. The molecule has 0 atom stereocenters. The highest BCUT2D eigenvalue weighted by molar-refractivity contribution is 5.94. The van der Waals surface area contributed by atoms with Gasteiger partial charge in [0.1, 0.15) is 5.60 Å². The Bertz CT molecular complexity index is 916. The molecule has 0 spiro atoms. The van der Waals surface area contributed by atoms with E-state index in [1.54, 1.807) is 57.2 Å². The maximum absolute atomic E-state index is 12.8. The van der Waals surface area contributed by atoms with Gasteiger partial charge in [0.15, 0.2) is 11.5 Å². The summed E-state index contributed by atoms with van der Waals surface area (Å²) < 4.78 is 16.6. The predicted molar refractivity (Wildman–Crippen MR) is 107 cm³/mol. The molecule has 0 aliphatic carbocycles. The van der Waals surface area contributed by atoms with Crippen LogP contribution in [0.2, 0.25) is 0 Å². The zero-order valence-corrected chi connectivity index (χ0v) is 16.8. The first-order chi connectivity index (χ1) is 13.8. The second kappa shape index (κ2) is 8.53. The number of amides is 1. The van der Waals surface area contributed by atoms with Gasteiger partial charge < -0.3 is 19.3 Å². The van der Waals surface area contributed by atoms with Crippen molar-refractivity contribution in [2.45, 2.75) is 45.8 Å². The molecule has 3 rings (SSSR count). The number of aliphatic hydroxyl groups is 1. The Morgan fingerprint density at radius 1 is 1.24 bits per heavy atom. The minimum absolute atomic E-state index is 0.211. The Morgan fingerprint density at radius 2 is 2.03 bits per heavy atom. The summed E-state index contributed by atoms with van der Waals surface area (Å²) in [4.78, 5) is 24.8. The van der Waals surface area contributed by atoms with E-state index in [-0.39, 0.29) is 12.4 Å². The summed E-state index contributed by atoms with van der Waals surface area (Å²) in [5.74, 6) is 0.131. The van der Waals surface area contributed by atoms with Crippen molar-refractivity contribution < 1.29 is 28.9 Å². The van der Waals surface area contributed by atoms with Crippen molar-refractivity contribution >= 4 is 17.7 Å². The highest BCUT2D eigenvalue weighted by atomic mass is 16.6. The Balaban J connectivity index is 1.86. The van der Waals surface area contributed by atoms with E-state index >= 15 is 0 Å². The van der Waals surface area contributed by atoms with Crippen molar-refractivity contribution in [3.8, 4) is 11.5 Å². The number of hydrogen-bond acceptors (Lipinski definition) is 6. The lowest BCUT2D eigenvalue weighted by molar-refractivity contribution is 0.0635. The van der Waals surface area contributed by atoms with Crippen molar-refractivity contribution in [2.24, 2.45) is 0 Å². The molecule has 0 unspecified atom stereocenters. The molecular weight excluding hydrogens is 374 g/mol. The van der Waals surface area contributed by atoms with Crippen LogP contribution in [0.5, 0.6) is 11.5 Å². The van der Waals surface area contributed by atoms with E-state index in [2.05, 4.69) is 5.32 Å². The third-order valence-electron chi connectivity index (χ3n) is 4.24. The van der Waals surface area contributed by atoms with Crippen LogP contribution in [0.1, 0.15) is 48.7 Å². The van der Waals surface area contributed by atoms with Crippen molar-refractivity contribution in [1.29, 1.82) is 0 Å². The maximum Gasteiger partial charge on any atom is 0.412 e. The van der Waals surface area contributed by atoms with Gasteiger partial charge >= 0.3 is 12.1 Å². The number of fused-ring (bicyclic) bond motifs is 2. The molecule has 154 valence electrons. The molecule has 1 amide bonds. The molecular formula is C22H25NO6. The van der Waals surface area contributed by atoms with Crippen LogP contribution < -0.4 is 14.8 Å². The lowest BCUT2D eigenvalue weighted by atomic mass is 10.0. The minimum atomic E-state index is -0.605. The summed E-state index contributed by atoms with van der Waals surface area (Å²) in [5, 5.41) is 12.2. The van der Waals surface area contributed by atoms with Crippen LogP contribution in [0, 0.1) is 0 Å². The number of benzene rings is 2. The molecule has 7 heteroatoms. The average Bonchev–Trinajstić information content (AvgIpc) is 2.64. The molecule has 1 heterocycles. The molecule has 2 N–H and O–H groups in total. The lowest BCUT2D eigenvalue weighted by Gasteiger charge is -2.20. The molecule has 2 aromatic carbocycles. The van der Waals surface area contributed by atoms with E-state index in [0.717, 1.165) is 5.56 Å². The molecule has 29 heavy (non-hydrogen) atoms. The van der Waals surface area contributed by atoms with Gasteiger partial charge in [-0.25, -0.2) is 9.59 Å². The molecule has 0 bridgehead atoms. The van der Waals surface area contributed by atoms with Crippen molar-refractivity contribution in [3.63, 3.8) is 0 Å². The number of ether oxygens (including phenoxy) is 3. The van der Waals surface area contributed by atoms with Gasteiger partial charge in [-0.05, 0) is 63.4 Å². The number of hydrogen-bond donors (Lipinski definition) is 2. The van der Waals surface area contributed by atoms with Gasteiger partial charge in [-0.1, -0.05) is 12.1 Å². The predicted octanol–water partition coefficient (Wildman–Crippen LogP) is 4.07. The summed E-state index contributed by atoms with van der Waals surface area (Å²) in [5.41, 5.74) is 1.65. The molecule has 0 saturated carbocycles. The Hall–Kier alpha value is -3.06. The Kier molecular flexibility index (Phi) is 6.08. The largest absolute Gasteiger partial charge is 0.489 e. The van der Waals surface area contributed by atoms with E-state index in [0.29, 0.717) is 42.0 Å². The van der Waals surface area contributed by atoms with Gasteiger partial charge in [0, 0.05) is 11.3 Å². The summed E-state index contributed by atoms with van der Waals surface area (Å²) >= 11 is 0. The van der Waals surface area contributed by atoms with Crippen LogP contribution in [0.25, 0.3) is 0 Å². The topological polar surface area (TPSA) is 94.1 Å². The quantitative estimate of drug-likeness (QED) is 0.584. The number of esters is 1. The number of carbonyl (C=O) groups excluding carboxylic acids is 2. The number of carbonyl (C=O) groups is 2. The van der Waals surface area contributed by atoms with Crippen LogP contribution in [0.4, 0.5) is 10.5 Å². The monoisotopic (exact) mass is 399 g/mol. The summed E-state index contributed by atoms with van der Waals surface area (Å²) in [6, 6.07) is 10.1. The molecule has 0 radical (unpaired) electrons. The number of aliphatic hydroxyl groups excluding tert-OH is 1. The van der Waals surface area contributed by atoms with Crippen molar-refractivity contribution in [3.05, 3.63) is 53.1 Å². The third kappa shape index (κ3) is 5.26. The van der Waals surface area contributed by atoms with E-state index < -0.39 is 17.7 Å². The number of nitrogens with one attached hydrogen (secondary N) is 1. The van der Waals surface area contributed by atoms with E-state index in [9.17, 15) is 14.7 Å². The van der Waals surface area contributed by atoms with E-state index in [4.69, 9.17) is 14.2 Å². The van der Waals surface area contributed by atoms with Gasteiger partial charge in [-0.2, -0.15) is 0 Å². The van der Waals surface area contributed by atoms with Crippen LogP contribution >= 0.6 is 0 Å². The molecule has 1 aliphatic heterocycles. The molecule has 0 aromatic heterocycles. The van der Waals surface area contributed by atoms with Crippen LogP contribution in [-0.2, 0) is 17.8 Å². The number of para-hydroxylation sites is 1. The zero-order chi connectivity index (χ0) is 21.0. The SMILES string of the molecule is CC(C)(C)OC(=O)Nc1ccc2c(c1)CCCOc1c(CO)cccc1OC2=O. The van der Waals surface area contributed by atoms with Crippen LogP contribution in [0.3, 0.4) is 0 Å². The molecule has 2 aromatic rings. The normalized spacial score (nSPS) is 14.0. The standard InChI is InChI=1S/C22H25NO6/c1-22(2,3)29-21(26)23-16-9-10-17-14(12-16)7-5-11-27-19-15(13-24)6-4-8-18(19)28-20(17)25/h4,6,8-10,12,24H,5,7,11,13H2,1-3H3,(H,23,26). The number of rotatable bonds is 2.